The van der Waals surface area contributed by atoms with Gasteiger partial charge >= 0.3 is 0 Å². The molecule has 1 aliphatic rings. The minimum Gasteiger partial charge on any atom is -0.378 e. The fourth-order valence-electron chi connectivity index (χ4n) is 3.57. The molecule has 7 nitrogen and oxygen atoms in total. The molecule has 3 aromatic heterocycles. The van der Waals surface area contributed by atoms with Crippen LogP contribution in [0.1, 0.15) is 34.3 Å². The Labute approximate surface area is 145 Å². The molecule has 1 fully saturated rings. The topological polar surface area (TPSA) is 82.2 Å². The van der Waals surface area contributed by atoms with Crippen molar-refractivity contribution in [1.82, 2.24) is 24.5 Å². The Morgan fingerprint density at radius 1 is 1.40 bits per heavy atom. The quantitative estimate of drug-likeness (QED) is 0.792. The number of nitrogens with zero attached hydrogens (tertiary/aromatic N) is 5. The van der Waals surface area contributed by atoms with Crippen LogP contribution in [0, 0.1) is 25.2 Å². The molecule has 1 aliphatic heterocycles. The van der Waals surface area contributed by atoms with Gasteiger partial charge in [0.15, 0.2) is 0 Å². The Balaban J connectivity index is 1.68. The van der Waals surface area contributed by atoms with Gasteiger partial charge in [0, 0.05) is 30.5 Å². The van der Waals surface area contributed by atoms with Crippen LogP contribution >= 0.6 is 0 Å². The van der Waals surface area contributed by atoms with E-state index in [2.05, 4.69) is 33.1 Å². The molecule has 3 aromatic rings. The lowest BCUT2D eigenvalue weighted by atomic mass is 10.0. The van der Waals surface area contributed by atoms with E-state index in [1.165, 1.54) is 5.56 Å². The number of pyridine rings is 1. The minimum absolute atomic E-state index is 0.164. The minimum atomic E-state index is 0.164. The number of aromatic amines is 1. The number of fused-ring (bicyclic) bond motifs is 1. The molecule has 0 spiro atoms. The van der Waals surface area contributed by atoms with Gasteiger partial charge < -0.3 is 9.14 Å². The van der Waals surface area contributed by atoms with Gasteiger partial charge in [-0.2, -0.15) is 10.4 Å². The fraction of sp³-hybridized carbons (Fsp3) is 0.389. The molecule has 0 aliphatic carbocycles. The summed E-state index contributed by atoms with van der Waals surface area (Å²) in [4.78, 5) is 6.86. The third-order valence-corrected chi connectivity index (χ3v) is 4.83. The molecule has 0 bridgehead atoms. The van der Waals surface area contributed by atoms with Crippen LogP contribution < -0.4 is 0 Å². The van der Waals surface area contributed by atoms with Crippen LogP contribution in [-0.2, 0) is 11.3 Å². The van der Waals surface area contributed by atoms with E-state index in [0.717, 1.165) is 35.8 Å². The zero-order valence-electron chi connectivity index (χ0n) is 14.4. The van der Waals surface area contributed by atoms with Crippen molar-refractivity contribution in [3.05, 3.63) is 52.7 Å². The maximum absolute atomic E-state index is 9.15. The van der Waals surface area contributed by atoms with Crippen LogP contribution in [-0.4, -0.2) is 44.2 Å². The molecular formula is C18H20N6O. The van der Waals surface area contributed by atoms with E-state index in [9.17, 15) is 0 Å². The van der Waals surface area contributed by atoms with Gasteiger partial charge in [0.2, 0.25) is 0 Å². The van der Waals surface area contributed by atoms with Gasteiger partial charge in [0.1, 0.15) is 11.7 Å². The standard InChI is InChI=1S/C18H20N6O/c1-12-18(13(2)22-21-12)16-11-25-6-5-23(16)10-15-8-20-17-4-3-14(7-19)9-24(15)17/h3-4,8-9,16H,5-6,10-11H2,1-2H3,(H,21,22). The number of nitriles is 1. The highest BCUT2D eigenvalue weighted by molar-refractivity contribution is 5.44. The summed E-state index contributed by atoms with van der Waals surface area (Å²) in [5.74, 6) is 0. The van der Waals surface area contributed by atoms with Crippen LogP contribution in [0.2, 0.25) is 0 Å². The second-order valence-electron chi connectivity index (χ2n) is 6.42. The monoisotopic (exact) mass is 336 g/mol. The Bertz CT molecular complexity index is 931. The Morgan fingerprint density at radius 3 is 3.04 bits per heavy atom. The van der Waals surface area contributed by atoms with Gasteiger partial charge in [-0.1, -0.05) is 0 Å². The van der Waals surface area contributed by atoms with Gasteiger partial charge in [0.25, 0.3) is 0 Å². The maximum atomic E-state index is 9.15. The summed E-state index contributed by atoms with van der Waals surface area (Å²) in [5.41, 5.74) is 5.87. The van der Waals surface area contributed by atoms with E-state index in [1.807, 2.05) is 29.8 Å². The number of imidazole rings is 1. The lowest BCUT2D eigenvalue weighted by Crippen LogP contribution is -2.39. The van der Waals surface area contributed by atoms with Crippen molar-refractivity contribution in [1.29, 1.82) is 5.26 Å². The zero-order chi connectivity index (χ0) is 17.4. The number of nitrogens with one attached hydrogen (secondary N) is 1. The van der Waals surface area contributed by atoms with Crippen molar-refractivity contribution in [2.75, 3.05) is 19.8 Å². The van der Waals surface area contributed by atoms with Crippen molar-refractivity contribution >= 4 is 5.65 Å². The van der Waals surface area contributed by atoms with E-state index in [0.29, 0.717) is 18.8 Å². The molecule has 0 radical (unpaired) electrons. The first kappa shape index (κ1) is 15.8. The first-order valence-electron chi connectivity index (χ1n) is 8.36. The predicted molar refractivity (Wildman–Crippen MR) is 91.9 cm³/mol. The Kier molecular flexibility index (Phi) is 3.99. The average Bonchev–Trinajstić information content (AvgIpc) is 3.18. The van der Waals surface area contributed by atoms with Crippen LogP contribution in [0.25, 0.3) is 5.65 Å². The molecule has 1 saturated heterocycles. The molecule has 1 N–H and O–H groups in total. The highest BCUT2D eigenvalue weighted by Crippen LogP contribution is 2.29. The summed E-state index contributed by atoms with van der Waals surface area (Å²) < 4.78 is 7.74. The number of rotatable bonds is 3. The second-order valence-corrected chi connectivity index (χ2v) is 6.42. The molecule has 0 aromatic carbocycles. The number of aryl methyl sites for hydroxylation is 2. The number of hydrogen-bond acceptors (Lipinski definition) is 5. The molecule has 0 saturated carbocycles. The lowest BCUT2D eigenvalue weighted by Gasteiger charge is -2.35. The Morgan fingerprint density at radius 2 is 2.28 bits per heavy atom. The number of morpholine rings is 1. The normalized spacial score (nSPS) is 18.5. The molecule has 1 atom stereocenters. The zero-order valence-corrected chi connectivity index (χ0v) is 14.4. The summed E-state index contributed by atoms with van der Waals surface area (Å²) in [7, 11) is 0. The van der Waals surface area contributed by atoms with Gasteiger partial charge in [-0.25, -0.2) is 4.98 Å². The van der Waals surface area contributed by atoms with Crippen molar-refractivity contribution < 1.29 is 4.74 Å². The molecule has 4 rings (SSSR count). The molecule has 4 heterocycles. The van der Waals surface area contributed by atoms with Crippen LogP contribution in [0.5, 0.6) is 0 Å². The smallest absolute Gasteiger partial charge is 0.137 e. The molecule has 128 valence electrons. The second kappa shape index (κ2) is 6.31. The van der Waals surface area contributed by atoms with E-state index in [4.69, 9.17) is 10.00 Å². The number of hydrogen-bond donors (Lipinski definition) is 1. The van der Waals surface area contributed by atoms with E-state index in [1.54, 1.807) is 6.07 Å². The van der Waals surface area contributed by atoms with Crippen molar-refractivity contribution in [2.45, 2.75) is 26.4 Å². The molecule has 1 unspecified atom stereocenters. The Hall–Kier alpha value is -2.69. The fourth-order valence-corrected chi connectivity index (χ4v) is 3.57. The third kappa shape index (κ3) is 2.80. The first-order valence-corrected chi connectivity index (χ1v) is 8.36. The van der Waals surface area contributed by atoms with Gasteiger partial charge in [-0.05, 0) is 26.0 Å². The highest BCUT2D eigenvalue weighted by Gasteiger charge is 2.29. The summed E-state index contributed by atoms with van der Waals surface area (Å²) >= 11 is 0. The van der Waals surface area contributed by atoms with Crippen LogP contribution in [0.15, 0.2) is 24.5 Å². The lowest BCUT2D eigenvalue weighted by molar-refractivity contribution is -0.0138. The predicted octanol–water partition coefficient (Wildman–Crippen LogP) is 2.12. The summed E-state index contributed by atoms with van der Waals surface area (Å²) in [6, 6.07) is 6.03. The SMILES string of the molecule is Cc1n[nH]c(C)c1C1COCCN1Cc1cnc2ccc(C#N)cn12. The average molecular weight is 336 g/mol. The summed E-state index contributed by atoms with van der Waals surface area (Å²) in [6.45, 7) is 7.04. The van der Waals surface area contributed by atoms with Gasteiger partial charge in [-0.3, -0.25) is 10.00 Å². The van der Waals surface area contributed by atoms with Crippen LogP contribution in [0.3, 0.4) is 0 Å². The van der Waals surface area contributed by atoms with E-state index < -0.39 is 0 Å². The molecule has 0 amide bonds. The van der Waals surface area contributed by atoms with Gasteiger partial charge in [-0.15, -0.1) is 0 Å². The largest absolute Gasteiger partial charge is 0.378 e. The van der Waals surface area contributed by atoms with Crippen molar-refractivity contribution in [3.63, 3.8) is 0 Å². The summed E-state index contributed by atoms with van der Waals surface area (Å²) in [5, 5.41) is 16.6. The third-order valence-electron chi connectivity index (χ3n) is 4.83. The number of H-pyrrole nitrogens is 1. The summed E-state index contributed by atoms with van der Waals surface area (Å²) in [6.07, 6.45) is 3.74. The van der Waals surface area contributed by atoms with Gasteiger partial charge in [0.05, 0.1) is 42.4 Å². The first-order chi connectivity index (χ1) is 12.2. The van der Waals surface area contributed by atoms with Crippen molar-refractivity contribution in [2.24, 2.45) is 0 Å². The van der Waals surface area contributed by atoms with E-state index >= 15 is 0 Å². The highest BCUT2D eigenvalue weighted by atomic mass is 16.5. The van der Waals surface area contributed by atoms with E-state index in [-0.39, 0.29) is 6.04 Å². The maximum Gasteiger partial charge on any atom is 0.137 e. The molecule has 7 heteroatoms. The number of aromatic nitrogens is 4. The van der Waals surface area contributed by atoms with Crippen LogP contribution in [0.4, 0.5) is 0 Å². The number of ether oxygens (including phenoxy) is 1. The molecule has 25 heavy (non-hydrogen) atoms. The van der Waals surface area contributed by atoms with Crippen molar-refractivity contribution in [3.8, 4) is 6.07 Å². The molecular weight excluding hydrogens is 316 g/mol.